The van der Waals surface area contributed by atoms with Crippen LogP contribution >= 0.6 is 0 Å². The lowest BCUT2D eigenvalue weighted by Gasteiger charge is -2.42. The predicted octanol–water partition coefficient (Wildman–Crippen LogP) is 3.40. The van der Waals surface area contributed by atoms with Gasteiger partial charge in [0, 0.05) is 5.56 Å². The predicted molar refractivity (Wildman–Crippen MR) is 95.0 cm³/mol. The Morgan fingerprint density at radius 3 is 2.68 bits per heavy atom. The summed E-state index contributed by atoms with van der Waals surface area (Å²) in [6.45, 7) is 5.88. The number of benzene rings is 1. The molecule has 0 amide bonds. The van der Waals surface area contributed by atoms with E-state index in [2.05, 4.69) is 6.58 Å². The van der Waals surface area contributed by atoms with E-state index < -0.39 is 17.4 Å². The topological polar surface area (TPSA) is 63.6 Å². The van der Waals surface area contributed by atoms with E-state index in [1.807, 2.05) is 18.2 Å². The molecule has 3 rings (SSSR count). The monoisotopic (exact) mass is 342 g/mol. The molecule has 25 heavy (non-hydrogen) atoms. The summed E-state index contributed by atoms with van der Waals surface area (Å²) in [7, 11) is 0. The van der Waals surface area contributed by atoms with E-state index in [4.69, 9.17) is 4.74 Å². The average molecular weight is 342 g/mol. The first-order chi connectivity index (χ1) is 12.0. The number of Topliss-reactive ketones (excluding diaryl/α,β-unsaturated/α-hetero) is 1. The fraction of sp³-hybridized carbons (Fsp3) is 0.524. The molecule has 0 unspecified atom stereocenters. The third-order valence-electron chi connectivity index (χ3n) is 5.97. The highest BCUT2D eigenvalue weighted by atomic mass is 16.5. The van der Waals surface area contributed by atoms with Crippen LogP contribution in [0.25, 0.3) is 0 Å². The van der Waals surface area contributed by atoms with Gasteiger partial charge >= 0.3 is 5.97 Å². The molecule has 1 N–H and O–H groups in total. The number of aliphatic hydroxyl groups is 1. The molecule has 0 saturated heterocycles. The van der Waals surface area contributed by atoms with Gasteiger partial charge in [0.15, 0.2) is 5.78 Å². The van der Waals surface area contributed by atoms with E-state index in [0.29, 0.717) is 25.0 Å². The number of esters is 1. The SMILES string of the molecule is C=CC[C@H]1CC[C@H]2[C@@H](C(=O)OCC)C[C@]1(O)[C@@H]2C(=O)c1ccccc1. The van der Waals surface area contributed by atoms with Crippen LogP contribution in [-0.4, -0.2) is 29.1 Å². The molecule has 0 aromatic heterocycles. The molecule has 134 valence electrons. The smallest absolute Gasteiger partial charge is 0.309 e. The lowest BCUT2D eigenvalue weighted by molar-refractivity contribution is -0.149. The van der Waals surface area contributed by atoms with Crippen molar-refractivity contribution < 1.29 is 19.4 Å². The molecule has 2 bridgehead atoms. The van der Waals surface area contributed by atoms with Gasteiger partial charge in [-0.1, -0.05) is 36.4 Å². The number of rotatable bonds is 6. The van der Waals surface area contributed by atoms with Crippen molar-refractivity contribution in [2.24, 2.45) is 23.7 Å². The van der Waals surface area contributed by atoms with Crippen LogP contribution in [0.4, 0.5) is 0 Å². The molecule has 2 aliphatic carbocycles. The second kappa shape index (κ2) is 7.12. The molecular weight excluding hydrogens is 316 g/mol. The Balaban J connectivity index is 1.98. The van der Waals surface area contributed by atoms with Gasteiger partial charge in [0.2, 0.25) is 0 Å². The van der Waals surface area contributed by atoms with E-state index in [9.17, 15) is 14.7 Å². The van der Waals surface area contributed by atoms with Crippen molar-refractivity contribution in [2.75, 3.05) is 6.61 Å². The van der Waals surface area contributed by atoms with Gasteiger partial charge in [0.1, 0.15) is 0 Å². The summed E-state index contributed by atoms with van der Waals surface area (Å²) in [5.74, 6) is -1.50. The van der Waals surface area contributed by atoms with Crippen molar-refractivity contribution in [3.05, 3.63) is 48.6 Å². The minimum Gasteiger partial charge on any atom is -0.466 e. The van der Waals surface area contributed by atoms with Crippen LogP contribution in [0.3, 0.4) is 0 Å². The van der Waals surface area contributed by atoms with E-state index in [1.54, 1.807) is 25.1 Å². The first-order valence-electron chi connectivity index (χ1n) is 9.12. The minimum atomic E-state index is -1.17. The van der Waals surface area contributed by atoms with Crippen molar-refractivity contribution in [3.8, 4) is 0 Å². The molecule has 2 saturated carbocycles. The first kappa shape index (κ1) is 17.9. The number of carbonyl (C=O) groups is 2. The summed E-state index contributed by atoms with van der Waals surface area (Å²) >= 11 is 0. The zero-order valence-electron chi connectivity index (χ0n) is 14.7. The third-order valence-corrected chi connectivity index (χ3v) is 5.97. The van der Waals surface area contributed by atoms with Crippen LogP contribution in [0.5, 0.6) is 0 Å². The summed E-state index contributed by atoms with van der Waals surface area (Å²) in [5, 5.41) is 11.5. The van der Waals surface area contributed by atoms with Crippen molar-refractivity contribution >= 4 is 11.8 Å². The number of carbonyl (C=O) groups excluding carboxylic acids is 2. The Morgan fingerprint density at radius 1 is 1.32 bits per heavy atom. The van der Waals surface area contributed by atoms with Gasteiger partial charge in [0.05, 0.1) is 24.0 Å². The quantitative estimate of drug-likeness (QED) is 0.489. The first-order valence-corrected chi connectivity index (χ1v) is 9.12. The zero-order valence-corrected chi connectivity index (χ0v) is 14.7. The highest BCUT2D eigenvalue weighted by Gasteiger charge is 2.63. The molecule has 4 heteroatoms. The Bertz CT molecular complexity index is 653. The van der Waals surface area contributed by atoms with Gasteiger partial charge < -0.3 is 9.84 Å². The fourth-order valence-electron chi connectivity index (χ4n) is 4.90. The molecule has 5 atom stereocenters. The van der Waals surface area contributed by atoms with Crippen molar-refractivity contribution in [3.63, 3.8) is 0 Å². The second-order valence-corrected chi connectivity index (χ2v) is 7.22. The fourth-order valence-corrected chi connectivity index (χ4v) is 4.90. The Morgan fingerprint density at radius 2 is 2.04 bits per heavy atom. The Labute approximate surface area is 148 Å². The summed E-state index contributed by atoms with van der Waals surface area (Å²) in [4.78, 5) is 25.6. The second-order valence-electron chi connectivity index (χ2n) is 7.22. The minimum absolute atomic E-state index is 0.0432. The molecule has 0 aliphatic heterocycles. The molecular formula is C21H26O4. The summed E-state index contributed by atoms with van der Waals surface area (Å²) in [6.07, 6.45) is 4.31. The van der Waals surface area contributed by atoms with Crippen LogP contribution in [0, 0.1) is 23.7 Å². The maximum Gasteiger partial charge on any atom is 0.309 e. The molecule has 0 heterocycles. The maximum absolute atomic E-state index is 13.2. The van der Waals surface area contributed by atoms with Gasteiger partial charge in [-0.2, -0.15) is 0 Å². The third kappa shape index (κ3) is 3.04. The van der Waals surface area contributed by atoms with Crippen LogP contribution in [0.15, 0.2) is 43.0 Å². The largest absolute Gasteiger partial charge is 0.466 e. The maximum atomic E-state index is 13.2. The van der Waals surface area contributed by atoms with Crippen LogP contribution in [0.1, 0.15) is 43.0 Å². The number of fused-ring (bicyclic) bond motifs is 2. The molecule has 1 aromatic carbocycles. The highest BCUT2D eigenvalue weighted by molar-refractivity contribution is 5.99. The Kier molecular flexibility index (Phi) is 5.09. The van der Waals surface area contributed by atoms with Crippen molar-refractivity contribution in [1.82, 2.24) is 0 Å². The van der Waals surface area contributed by atoms with E-state index in [-0.39, 0.29) is 23.6 Å². The highest BCUT2D eigenvalue weighted by Crippen LogP contribution is 2.57. The molecule has 2 fully saturated rings. The average Bonchev–Trinajstić information content (AvgIpc) is 2.84. The van der Waals surface area contributed by atoms with Crippen molar-refractivity contribution in [1.29, 1.82) is 0 Å². The Hall–Kier alpha value is -1.94. The van der Waals surface area contributed by atoms with Crippen LogP contribution in [0.2, 0.25) is 0 Å². The number of hydrogen-bond acceptors (Lipinski definition) is 4. The standard InChI is InChI=1S/C21H26O4/c1-3-8-15-11-12-16-17(20(23)25-4-2)13-21(15,24)18(16)19(22)14-9-6-5-7-10-14/h3,5-7,9-10,15-18,24H,1,4,8,11-13H2,2H3/t15-,16-,17-,18-,21+/m0/s1. The van der Waals surface area contributed by atoms with Gasteiger partial charge in [-0.3, -0.25) is 9.59 Å². The molecule has 2 aliphatic rings. The van der Waals surface area contributed by atoms with Crippen LogP contribution < -0.4 is 0 Å². The lowest BCUT2D eigenvalue weighted by Crippen LogP contribution is -2.49. The summed E-state index contributed by atoms with van der Waals surface area (Å²) < 4.78 is 5.23. The van der Waals surface area contributed by atoms with E-state index in [0.717, 1.165) is 12.8 Å². The molecule has 1 aromatic rings. The molecule has 0 radical (unpaired) electrons. The number of hydrogen-bond donors (Lipinski definition) is 1. The normalized spacial score (nSPS) is 33.7. The van der Waals surface area contributed by atoms with Gasteiger partial charge in [-0.05, 0) is 44.4 Å². The number of allylic oxidation sites excluding steroid dienone is 1. The molecule has 0 spiro atoms. The van der Waals surface area contributed by atoms with E-state index in [1.165, 1.54) is 0 Å². The number of ether oxygens (including phenoxy) is 1. The summed E-state index contributed by atoms with van der Waals surface area (Å²) in [6, 6.07) is 9.07. The van der Waals surface area contributed by atoms with E-state index >= 15 is 0 Å². The molecule has 4 nitrogen and oxygen atoms in total. The van der Waals surface area contributed by atoms with Gasteiger partial charge in [-0.25, -0.2) is 0 Å². The van der Waals surface area contributed by atoms with Gasteiger partial charge in [0.25, 0.3) is 0 Å². The zero-order chi connectivity index (χ0) is 18.0. The summed E-state index contributed by atoms with van der Waals surface area (Å²) in [5.41, 5.74) is -0.568. The lowest BCUT2D eigenvalue weighted by atomic mass is 9.65. The number of ketones is 1. The van der Waals surface area contributed by atoms with Crippen molar-refractivity contribution in [2.45, 2.75) is 38.2 Å². The van der Waals surface area contributed by atoms with Crippen LogP contribution in [-0.2, 0) is 9.53 Å². The van der Waals surface area contributed by atoms with Gasteiger partial charge in [-0.15, -0.1) is 6.58 Å².